The van der Waals surface area contributed by atoms with Gasteiger partial charge in [0.15, 0.2) is 0 Å². The molecule has 1 heterocycles. The fourth-order valence-electron chi connectivity index (χ4n) is 3.61. The van der Waals surface area contributed by atoms with Gasteiger partial charge in [-0.1, -0.05) is 11.6 Å². The quantitative estimate of drug-likeness (QED) is 0.671. The van der Waals surface area contributed by atoms with Crippen LogP contribution in [0.3, 0.4) is 0 Å². The second-order valence-electron chi connectivity index (χ2n) is 7.09. The Bertz CT molecular complexity index is 949. The van der Waals surface area contributed by atoms with Crippen molar-refractivity contribution in [2.45, 2.75) is 13.0 Å². The third kappa shape index (κ3) is 4.46. The first-order valence-electron chi connectivity index (χ1n) is 9.47. The minimum atomic E-state index is -0.449. The molecule has 0 saturated carbocycles. The molecule has 7 nitrogen and oxygen atoms in total. The number of nitrogens with zero attached hydrogens (tertiary/aromatic N) is 2. The highest BCUT2D eigenvalue weighted by molar-refractivity contribution is 6.31. The van der Waals surface area contributed by atoms with Crippen molar-refractivity contribution in [2.75, 3.05) is 39.8 Å². The van der Waals surface area contributed by atoms with E-state index >= 15 is 0 Å². The standard InChI is InChI=1S/C22H25ClN2O5/c1-24(12-14-5-7-17(28-2)11-20(14)30-4)22(27)15-9-21(26)25(13-15)18-10-16(23)6-8-19(18)29-3/h5-8,10-11,15H,9,12-13H2,1-4H3. The van der Waals surface area contributed by atoms with Crippen LogP contribution >= 0.6 is 11.6 Å². The van der Waals surface area contributed by atoms with E-state index in [9.17, 15) is 9.59 Å². The van der Waals surface area contributed by atoms with Crippen molar-refractivity contribution in [3.63, 3.8) is 0 Å². The minimum Gasteiger partial charge on any atom is -0.497 e. The number of benzene rings is 2. The van der Waals surface area contributed by atoms with Crippen LogP contribution in [0.25, 0.3) is 0 Å². The van der Waals surface area contributed by atoms with Gasteiger partial charge in [-0.25, -0.2) is 0 Å². The van der Waals surface area contributed by atoms with Gasteiger partial charge in [0.05, 0.1) is 32.9 Å². The summed E-state index contributed by atoms with van der Waals surface area (Å²) >= 11 is 6.10. The Morgan fingerprint density at radius 2 is 1.83 bits per heavy atom. The maximum absolute atomic E-state index is 13.0. The molecule has 0 aromatic heterocycles. The molecule has 160 valence electrons. The van der Waals surface area contributed by atoms with E-state index in [0.29, 0.717) is 34.5 Å². The molecule has 0 bridgehead atoms. The van der Waals surface area contributed by atoms with E-state index in [0.717, 1.165) is 5.56 Å². The molecular formula is C22H25ClN2O5. The normalized spacial score (nSPS) is 15.8. The Kier molecular flexibility index (Phi) is 6.72. The van der Waals surface area contributed by atoms with Gasteiger partial charge < -0.3 is 24.0 Å². The number of carbonyl (C=O) groups is 2. The van der Waals surface area contributed by atoms with Crippen LogP contribution in [0.2, 0.25) is 5.02 Å². The molecule has 1 fully saturated rings. The van der Waals surface area contributed by atoms with E-state index in [1.807, 2.05) is 12.1 Å². The van der Waals surface area contributed by atoms with Crippen molar-refractivity contribution in [1.29, 1.82) is 0 Å². The second-order valence-corrected chi connectivity index (χ2v) is 7.53. The average Bonchev–Trinajstić information content (AvgIpc) is 3.14. The molecule has 0 N–H and O–H groups in total. The van der Waals surface area contributed by atoms with Gasteiger partial charge in [-0.3, -0.25) is 9.59 Å². The third-order valence-corrected chi connectivity index (χ3v) is 5.42. The molecule has 2 aromatic rings. The largest absolute Gasteiger partial charge is 0.497 e. The van der Waals surface area contributed by atoms with Gasteiger partial charge in [-0.15, -0.1) is 0 Å². The molecule has 1 aliphatic rings. The van der Waals surface area contributed by atoms with Crippen LogP contribution in [-0.2, 0) is 16.1 Å². The predicted octanol–water partition coefficient (Wildman–Crippen LogP) is 3.38. The van der Waals surface area contributed by atoms with Gasteiger partial charge in [-0.05, 0) is 30.3 Å². The van der Waals surface area contributed by atoms with Crippen molar-refractivity contribution >= 4 is 29.1 Å². The minimum absolute atomic E-state index is 0.107. The maximum Gasteiger partial charge on any atom is 0.228 e. The SMILES string of the molecule is COc1ccc(CN(C)C(=O)C2CC(=O)N(c3cc(Cl)ccc3OC)C2)c(OC)c1. The van der Waals surface area contributed by atoms with Gasteiger partial charge in [0.1, 0.15) is 17.2 Å². The highest BCUT2D eigenvalue weighted by Crippen LogP contribution is 2.36. The summed E-state index contributed by atoms with van der Waals surface area (Å²) in [7, 11) is 6.42. The zero-order chi connectivity index (χ0) is 21.8. The molecule has 1 aliphatic heterocycles. The Balaban J connectivity index is 1.74. The van der Waals surface area contributed by atoms with Crippen molar-refractivity contribution in [1.82, 2.24) is 4.90 Å². The fraction of sp³-hybridized carbons (Fsp3) is 0.364. The van der Waals surface area contributed by atoms with Crippen LogP contribution < -0.4 is 19.1 Å². The average molecular weight is 433 g/mol. The number of hydrogen-bond donors (Lipinski definition) is 0. The van der Waals surface area contributed by atoms with Crippen molar-refractivity contribution in [3.05, 3.63) is 47.0 Å². The molecule has 0 spiro atoms. The molecule has 0 aliphatic carbocycles. The summed E-state index contributed by atoms with van der Waals surface area (Å²) in [5, 5.41) is 0.497. The lowest BCUT2D eigenvalue weighted by atomic mass is 10.1. The topological polar surface area (TPSA) is 68.3 Å². The molecule has 2 amide bonds. The van der Waals surface area contributed by atoms with E-state index in [1.54, 1.807) is 55.3 Å². The summed E-state index contributed by atoms with van der Waals surface area (Å²) in [6.07, 6.45) is 0.137. The van der Waals surface area contributed by atoms with Crippen LogP contribution in [0.4, 0.5) is 5.69 Å². The van der Waals surface area contributed by atoms with E-state index in [1.165, 1.54) is 7.11 Å². The van der Waals surface area contributed by atoms with Gasteiger partial charge in [0.25, 0.3) is 0 Å². The Labute approximate surface area is 181 Å². The number of ether oxygens (including phenoxy) is 3. The fourth-order valence-corrected chi connectivity index (χ4v) is 3.77. The zero-order valence-corrected chi connectivity index (χ0v) is 18.2. The summed E-state index contributed by atoms with van der Waals surface area (Å²) in [5.41, 5.74) is 1.43. The Morgan fingerprint density at radius 3 is 2.50 bits per heavy atom. The van der Waals surface area contributed by atoms with Crippen LogP contribution in [0.5, 0.6) is 17.2 Å². The van der Waals surface area contributed by atoms with E-state index < -0.39 is 5.92 Å². The number of halogens is 1. The lowest BCUT2D eigenvalue weighted by molar-refractivity contribution is -0.135. The summed E-state index contributed by atoms with van der Waals surface area (Å²) in [5.74, 6) is 1.17. The van der Waals surface area contributed by atoms with Gasteiger partial charge >= 0.3 is 0 Å². The highest BCUT2D eigenvalue weighted by Gasteiger charge is 2.37. The maximum atomic E-state index is 13.0. The molecule has 2 aromatic carbocycles. The predicted molar refractivity (Wildman–Crippen MR) is 114 cm³/mol. The van der Waals surface area contributed by atoms with Crippen molar-refractivity contribution in [3.8, 4) is 17.2 Å². The van der Waals surface area contributed by atoms with Crippen molar-refractivity contribution in [2.24, 2.45) is 5.92 Å². The molecule has 8 heteroatoms. The lowest BCUT2D eigenvalue weighted by Gasteiger charge is -2.23. The zero-order valence-electron chi connectivity index (χ0n) is 17.5. The van der Waals surface area contributed by atoms with Gasteiger partial charge in [-0.2, -0.15) is 0 Å². The first kappa shape index (κ1) is 21.8. The van der Waals surface area contributed by atoms with E-state index in [-0.39, 0.29) is 24.8 Å². The second kappa shape index (κ2) is 9.26. The van der Waals surface area contributed by atoms with Crippen molar-refractivity contribution < 1.29 is 23.8 Å². The van der Waals surface area contributed by atoms with E-state index in [4.69, 9.17) is 25.8 Å². The number of methoxy groups -OCH3 is 3. The van der Waals surface area contributed by atoms with Crippen LogP contribution in [-0.4, -0.2) is 51.6 Å². The number of carbonyl (C=O) groups excluding carboxylic acids is 2. The number of anilines is 1. The Morgan fingerprint density at radius 1 is 1.10 bits per heavy atom. The summed E-state index contributed by atoms with van der Waals surface area (Å²) < 4.78 is 16.0. The number of amides is 2. The van der Waals surface area contributed by atoms with Crippen LogP contribution in [0.1, 0.15) is 12.0 Å². The molecular weight excluding hydrogens is 408 g/mol. The summed E-state index contributed by atoms with van der Waals surface area (Å²) in [6.45, 7) is 0.635. The highest BCUT2D eigenvalue weighted by atomic mass is 35.5. The summed E-state index contributed by atoms with van der Waals surface area (Å²) in [6, 6.07) is 10.6. The van der Waals surface area contributed by atoms with Crippen LogP contribution in [0, 0.1) is 5.92 Å². The molecule has 1 saturated heterocycles. The number of hydrogen-bond acceptors (Lipinski definition) is 5. The first-order chi connectivity index (χ1) is 14.4. The first-order valence-corrected chi connectivity index (χ1v) is 9.85. The Hall–Kier alpha value is -2.93. The molecule has 1 atom stereocenters. The lowest BCUT2D eigenvalue weighted by Crippen LogP contribution is -2.34. The van der Waals surface area contributed by atoms with Crippen LogP contribution in [0.15, 0.2) is 36.4 Å². The monoisotopic (exact) mass is 432 g/mol. The third-order valence-electron chi connectivity index (χ3n) is 5.18. The van der Waals surface area contributed by atoms with Gasteiger partial charge in [0.2, 0.25) is 11.8 Å². The smallest absolute Gasteiger partial charge is 0.228 e. The summed E-state index contributed by atoms with van der Waals surface area (Å²) in [4.78, 5) is 28.9. The van der Waals surface area contributed by atoms with Gasteiger partial charge in [0, 0.05) is 43.2 Å². The molecule has 1 unspecified atom stereocenters. The molecule has 3 rings (SSSR count). The molecule has 30 heavy (non-hydrogen) atoms. The molecule has 0 radical (unpaired) electrons. The van der Waals surface area contributed by atoms with E-state index in [2.05, 4.69) is 0 Å². The number of rotatable bonds is 7.